The summed E-state index contributed by atoms with van der Waals surface area (Å²) in [5, 5.41) is 10.0. The number of methoxy groups -OCH3 is 2. The zero-order valence-corrected chi connectivity index (χ0v) is 13.5. The predicted octanol–water partition coefficient (Wildman–Crippen LogP) is 1.33. The van der Waals surface area contributed by atoms with Crippen molar-refractivity contribution < 1.29 is 19.4 Å². The van der Waals surface area contributed by atoms with E-state index in [4.69, 9.17) is 9.47 Å². The molecule has 1 aromatic heterocycles. The summed E-state index contributed by atoms with van der Waals surface area (Å²) in [6.07, 6.45) is 0.821. The third-order valence-corrected chi connectivity index (χ3v) is 4.08. The normalized spacial score (nSPS) is 20.3. The van der Waals surface area contributed by atoms with Crippen LogP contribution in [-0.2, 0) is 11.3 Å². The van der Waals surface area contributed by atoms with Gasteiger partial charge in [-0.15, -0.1) is 0 Å². The van der Waals surface area contributed by atoms with E-state index in [-0.39, 0.29) is 24.4 Å². The molecular weight excluding hydrogens is 310 g/mol. The van der Waals surface area contributed by atoms with Gasteiger partial charge in [-0.1, -0.05) is 30.3 Å². The van der Waals surface area contributed by atoms with E-state index < -0.39 is 6.10 Å². The van der Waals surface area contributed by atoms with Gasteiger partial charge in [-0.05, 0) is 5.56 Å². The minimum Gasteiger partial charge on any atom is -0.481 e. The summed E-state index contributed by atoms with van der Waals surface area (Å²) in [6, 6.07) is 9.47. The van der Waals surface area contributed by atoms with E-state index in [1.807, 2.05) is 30.3 Å². The van der Waals surface area contributed by atoms with Crippen LogP contribution in [0.4, 0.5) is 0 Å². The number of nitrogens with zero attached hydrogens (tertiary/aromatic N) is 3. The molecule has 7 nitrogen and oxygen atoms in total. The van der Waals surface area contributed by atoms with Crippen LogP contribution in [0.15, 0.2) is 36.5 Å². The molecule has 2 atom stereocenters. The van der Waals surface area contributed by atoms with Gasteiger partial charge in [-0.3, -0.25) is 4.79 Å². The lowest BCUT2D eigenvalue weighted by Gasteiger charge is -2.25. The molecule has 1 fully saturated rings. The summed E-state index contributed by atoms with van der Waals surface area (Å²) < 4.78 is 10.3. The monoisotopic (exact) mass is 329 g/mol. The maximum absolute atomic E-state index is 12.4. The summed E-state index contributed by atoms with van der Waals surface area (Å²) in [7, 11) is 2.97. The molecule has 0 radical (unpaired) electrons. The predicted molar refractivity (Wildman–Crippen MR) is 85.5 cm³/mol. The molecule has 1 aromatic carbocycles. The first-order valence-electron chi connectivity index (χ1n) is 7.61. The SMILES string of the molecule is COc1ncc([C@@H]2C[C@@H](O)C(=O)N2Cc2ccccc2)c(OC)n1. The number of aliphatic hydroxyl groups is 1. The standard InChI is InChI=1S/C17H19N3O4/c1-23-15-12(9-18-17(19-15)24-2)13-8-14(21)16(22)20(13)10-11-6-4-3-5-7-11/h3-7,9,13-14,21H,8,10H2,1-2H3/t13-,14+/m0/s1. The number of carbonyl (C=O) groups is 1. The molecule has 1 N–H and O–H groups in total. The second kappa shape index (κ2) is 6.84. The Kier molecular flexibility index (Phi) is 4.61. The van der Waals surface area contributed by atoms with Gasteiger partial charge in [0.2, 0.25) is 5.88 Å². The van der Waals surface area contributed by atoms with E-state index in [1.54, 1.807) is 11.1 Å². The quantitative estimate of drug-likeness (QED) is 0.891. The van der Waals surface area contributed by atoms with Crippen molar-refractivity contribution >= 4 is 5.91 Å². The molecule has 2 heterocycles. The third kappa shape index (κ3) is 3.03. The summed E-state index contributed by atoms with van der Waals surface area (Å²) in [5.41, 5.74) is 1.64. The highest BCUT2D eigenvalue weighted by molar-refractivity contribution is 5.83. The Morgan fingerprint density at radius 3 is 2.67 bits per heavy atom. The van der Waals surface area contributed by atoms with Gasteiger partial charge in [0.05, 0.1) is 25.8 Å². The van der Waals surface area contributed by atoms with Gasteiger partial charge in [0, 0.05) is 19.2 Å². The molecule has 7 heteroatoms. The van der Waals surface area contributed by atoms with E-state index in [0.717, 1.165) is 5.56 Å². The maximum Gasteiger partial charge on any atom is 0.319 e. The van der Waals surface area contributed by atoms with Crippen molar-refractivity contribution in [1.82, 2.24) is 14.9 Å². The van der Waals surface area contributed by atoms with Crippen molar-refractivity contribution in [3.63, 3.8) is 0 Å². The fraction of sp³-hybridized carbons (Fsp3) is 0.353. The Hall–Kier alpha value is -2.67. The molecule has 1 amide bonds. The van der Waals surface area contributed by atoms with Gasteiger partial charge in [0.1, 0.15) is 6.10 Å². The Labute approximate surface area is 139 Å². The Morgan fingerprint density at radius 2 is 2.00 bits per heavy atom. The van der Waals surface area contributed by atoms with Crippen LogP contribution in [0.1, 0.15) is 23.6 Å². The lowest BCUT2D eigenvalue weighted by molar-refractivity contribution is -0.135. The number of likely N-dealkylation sites (tertiary alicyclic amines) is 1. The molecule has 1 aliphatic heterocycles. The zero-order valence-electron chi connectivity index (χ0n) is 13.5. The van der Waals surface area contributed by atoms with E-state index in [1.165, 1.54) is 14.2 Å². The largest absolute Gasteiger partial charge is 0.481 e. The summed E-state index contributed by atoms with van der Waals surface area (Å²) in [6.45, 7) is 0.399. The van der Waals surface area contributed by atoms with Gasteiger partial charge < -0.3 is 19.5 Å². The highest BCUT2D eigenvalue weighted by Crippen LogP contribution is 2.38. The molecule has 0 saturated carbocycles. The van der Waals surface area contributed by atoms with Gasteiger partial charge in [-0.25, -0.2) is 4.98 Å². The van der Waals surface area contributed by atoms with Crippen LogP contribution >= 0.6 is 0 Å². The lowest BCUT2D eigenvalue weighted by Crippen LogP contribution is -2.30. The minimum absolute atomic E-state index is 0.190. The topological polar surface area (TPSA) is 84.8 Å². The number of aliphatic hydroxyl groups excluding tert-OH is 1. The van der Waals surface area contributed by atoms with Gasteiger partial charge in [-0.2, -0.15) is 4.98 Å². The zero-order chi connectivity index (χ0) is 17.1. The number of rotatable bonds is 5. The number of hydrogen-bond acceptors (Lipinski definition) is 6. The number of hydrogen-bond donors (Lipinski definition) is 1. The van der Waals surface area contributed by atoms with Crippen LogP contribution in [0, 0.1) is 0 Å². The number of benzene rings is 1. The molecule has 0 aliphatic carbocycles. The van der Waals surface area contributed by atoms with Crippen LogP contribution in [0.2, 0.25) is 0 Å². The lowest BCUT2D eigenvalue weighted by atomic mass is 10.1. The second-order valence-electron chi connectivity index (χ2n) is 5.54. The van der Waals surface area contributed by atoms with E-state index in [2.05, 4.69) is 9.97 Å². The minimum atomic E-state index is -1.04. The molecule has 0 spiro atoms. The van der Waals surface area contributed by atoms with Gasteiger partial charge in [0.15, 0.2) is 0 Å². The van der Waals surface area contributed by atoms with Crippen LogP contribution in [0.5, 0.6) is 11.9 Å². The number of aromatic nitrogens is 2. The first-order valence-corrected chi connectivity index (χ1v) is 7.61. The second-order valence-corrected chi connectivity index (χ2v) is 5.54. The van der Waals surface area contributed by atoms with Crippen molar-refractivity contribution in [3.8, 4) is 11.9 Å². The van der Waals surface area contributed by atoms with E-state index in [0.29, 0.717) is 18.0 Å². The Bertz CT molecular complexity index is 723. The average Bonchev–Trinajstić information content (AvgIpc) is 2.90. The molecule has 1 saturated heterocycles. The first kappa shape index (κ1) is 16.2. The summed E-state index contributed by atoms with van der Waals surface area (Å²) in [5.74, 6) is 0.0357. The maximum atomic E-state index is 12.4. The average molecular weight is 329 g/mol. The summed E-state index contributed by atoms with van der Waals surface area (Å²) in [4.78, 5) is 22.3. The highest BCUT2D eigenvalue weighted by Gasteiger charge is 2.41. The number of ether oxygens (including phenoxy) is 2. The Morgan fingerprint density at radius 1 is 1.25 bits per heavy atom. The molecular formula is C17H19N3O4. The molecule has 1 aliphatic rings. The van der Waals surface area contributed by atoms with Crippen LogP contribution in [-0.4, -0.2) is 46.2 Å². The van der Waals surface area contributed by atoms with Crippen molar-refractivity contribution in [2.45, 2.75) is 25.1 Å². The molecule has 3 rings (SSSR count). The van der Waals surface area contributed by atoms with E-state index >= 15 is 0 Å². The van der Waals surface area contributed by atoms with Crippen LogP contribution < -0.4 is 9.47 Å². The third-order valence-electron chi connectivity index (χ3n) is 4.08. The van der Waals surface area contributed by atoms with Crippen molar-refractivity contribution in [1.29, 1.82) is 0 Å². The molecule has 2 aromatic rings. The molecule has 0 unspecified atom stereocenters. The first-order chi connectivity index (χ1) is 11.6. The van der Waals surface area contributed by atoms with Crippen molar-refractivity contribution in [3.05, 3.63) is 47.7 Å². The van der Waals surface area contributed by atoms with Crippen LogP contribution in [0.25, 0.3) is 0 Å². The Balaban J connectivity index is 1.94. The number of amides is 1. The van der Waals surface area contributed by atoms with Gasteiger partial charge >= 0.3 is 6.01 Å². The van der Waals surface area contributed by atoms with E-state index in [9.17, 15) is 9.90 Å². The summed E-state index contributed by atoms with van der Waals surface area (Å²) >= 11 is 0. The fourth-order valence-corrected chi connectivity index (χ4v) is 2.90. The number of carbonyl (C=O) groups excluding carboxylic acids is 1. The van der Waals surface area contributed by atoms with Crippen molar-refractivity contribution in [2.24, 2.45) is 0 Å². The van der Waals surface area contributed by atoms with Gasteiger partial charge in [0.25, 0.3) is 5.91 Å². The smallest absolute Gasteiger partial charge is 0.319 e. The molecule has 0 bridgehead atoms. The molecule has 126 valence electrons. The fourth-order valence-electron chi connectivity index (χ4n) is 2.90. The van der Waals surface area contributed by atoms with Crippen molar-refractivity contribution in [2.75, 3.05) is 14.2 Å². The highest BCUT2D eigenvalue weighted by atomic mass is 16.5. The molecule has 24 heavy (non-hydrogen) atoms. The van der Waals surface area contributed by atoms with Crippen LogP contribution in [0.3, 0.4) is 0 Å².